The number of phosphoric ester groups is 1. The Kier molecular flexibility index (Phi) is 10.9. The third-order valence-corrected chi connectivity index (χ3v) is 10.9. The maximum Gasteiger partial charge on any atom is 0.490 e. The van der Waals surface area contributed by atoms with E-state index in [0.29, 0.717) is 0 Å². The van der Waals surface area contributed by atoms with E-state index in [2.05, 4.69) is 18.1 Å². The van der Waals surface area contributed by atoms with Gasteiger partial charge in [-0.15, -0.1) is 0 Å². The molecular weight excluding hydrogens is 588 g/mol. The van der Waals surface area contributed by atoms with Crippen molar-refractivity contribution in [3.05, 3.63) is 32.6 Å². The first-order valence-electron chi connectivity index (χ1n) is 9.95. The van der Waals surface area contributed by atoms with E-state index >= 15 is 0 Å². The molecule has 0 spiro atoms. The van der Waals surface area contributed by atoms with Crippen LogP contribution in [0.1, 0.15) is 32.1 Å². The highest BCUT2D eigenvalue weighted by molar-refractivity contribution is 8.77. The van der Waals surface area contributed by atoms with Crippen LogP contribution in [0.25, 0.3) is 0 Å². The highest BCUT2D eigenvalue weighted by atomic mass is 33.1. The molecule has 0 aromatic carbocycles. The minimum Gasteiger partial charge on any atom is -0.364 e. The second kappa shape index (κ2) is 12.3. The molecule has 0 saturated carbocycles. The fourth-order valence-electron chi connectivity index (χ4n) is 2.78. The van der Waals surface area contributed by atoms with E-state index < -0.39 is 59.8 Å². The lowest BCUT2D eigenvalue weighted by molar-refractivity contribution is -0.0543. The van der Waals surface area contributed by atoms with Crippen LogP contribution >= 0.6 is 45.1 Å². The number of hydrogen-bond donors (Lipinski definition) is 5. The van der Waals surface area contributed by atoms with Gasteiger partial charge in [-0.1, -0.05) is 35.4 Å². The number of aryl methyl sites for hydroxylation is 1. The number of aromatic amines is 1. The largest absolute Gasteiger partial charge is 0.490 e. The molecule has 2 rings (SSSR count). The molecule has 0 radical (unpaired) electrons. The van der Waals surface area contributed by atoms with Crippen LogP contribution in [-0.2, 0) is 36.3 Å². The molecule has 1 aliphatic rings. The molecule has 1 aromatic heterocycles. The molecule has 16 nitrogen and oxygen atoms in total. The predicted molar refractivity (Wildman–Crippen MR) is 132 cm³/mol. The number of H-pyrrole nitrogens is 1. The summed E-state index contributed by atoms with van der Waals surface area (Å²) in [5.41, 5.74) is -1.12. The molecule has 22 heteroatoms. The second-order valence-electron chi connectivity index (χ2n) is 8.37. The van der Waals surface area contributed by atoms with Crippen LogP contribution in [0.2, 0.25) is 0 Å². The fourth-order valence-corrected chi connectivity index (χ4v) is 7.82. The van der Waals surface area contributed by atoms with Gasteiger partial charge in [0.2, 0.25) is 0 Å². The van der Waals surface area contributed by atoms with Crippen molar-refractivity contribution in [2.24, 2.45) is 0 Å². The predicted octanol–water partition coefficient (Wildman–Crippen LogP) is 0.569. The highest BCUT2D eigenvalue weighted by Gasteiger charge is 2.43. The number of rotatable bonds is 13. The number of nitrogens with zero attached hydrogens (tertiary/aromatic N) is 1. The first kappa shape index (κ1) is 32.0. The zero-order chi connectivity index (χ0) is 27.5. The fraction of sp³-hybridized carbons (Fsp3) is 0.714. The summed E-state index contributed by atoms with van der Waals surface area (Å²) in [4.78, 5) is 62.3. The van der Waals surface area contributed by atoms with Gasteiger partial charge in [-0.2, -0.15) is 8.62 Å². The summed E-state index contributed by atoms with van der Waals surface area (Å²) >= 11 is 0. The Morgan fingerprint density at radius 2 is 1.83 bits per heavy atom. The Labute approximate surface area is 213 Å². The molecule has 1 fully saturated rings. The van der Waals surface area contributed by atoms with Crippen LogP contribution in [-0.4, -0.2) is 66.4 Å². The summed E-state index contributed by atoms with van der Waals surface area (Å²) in [6.07, 6.45) is -1.52. The number of phosphoric acid groups is 3. The van der Waals surface area contributed by atoms with Crippen LogP contribution in [0.3, 0.4) is 0 Å². The van der Waals surface area contributed by atoms with E-state index in [1.165, 1.54) is 34.7 Å². The molecule has 1 aliphatic heterocycles. The zero-order valence-corrected chi connectivity index (χ0v) is 23.7. The average molecular weight is 614 g/mol. The summed E-state index contributed by atoms with van der Waals surface area (Å²) in [5, 5.41) is 0. The van der Waals surface area contributed by atoms with Gasteiger partial charge in [-0.3, -0.25) is 18.9 Å². The molecule has 36 heavy (non-hydrogen) atoms. The first-order chi connectivity index (χ1) is 16.3. The third kappa shape index (κ3) is 10.9. The molecule has 1 aromatic rings. The first-order valence-corrected chi connectivity index (χ1v) is 16.8. The molecular formula is C14H26BN2O14P3S2. The minimum atomic E-state index is -5.69. The van der Waals surface area contributed by atoms with Crippen molar-refractivity contribution in [2.75, 3.05) is 12.5 Å². The van der Waals surface area contributed by atoms with Crippen molar-refractivity contribution in [1.29, 1.82) is 0 Å². The Morgan fingerprint density at radius 3 is 2.42 bits per heavy atom. The van der Waals surface area contributed by atoms with Crippen LogP contribution in [0.5, 0.6) is 0 Å². The molecule has 0 bridgehead atoms. The van der Waals surface area contributed by atoms with Gasteiger partial charge in [0.1, 0.15) is 26.1 Å². The summed E-state index contributed by atoms with van der Waals surface area (Å²) < 4.78 is 59.0. The van der Waals surface area contributed by atoms with E-state index in [9.17, 15) is 33.1 Å². The van der Waals surface area contributed by atoms with Gasteiger partial charge in [0.15, 0.2) is 0 Å². The van der Waals surface area contributed by atoms with Crippen molar-refractivity contribution in [1.82, 2.24) is 9.55 Å². The summed E-state index contributed by atoms with van der Waals surface area (Å²) in [6, 6.07) is 0. The van der Waals surface area contributed by atoms with Crippen molar-refractivity contribution in [2.45, 2.75) is 50.3 Å². The average Bonchev–Trinajstić information content (AvgIpc) is 3.06. The Morgan fingerprint density at radius 1 is 1.19 bits per heavy atom. The SMILES string of the molecule is BC(C)(C)SSCO[C@@H]1C[C@H](n2cc(C)c(=O)[nH]c2=O)OC1COP(=O)(O)OP(=O)(O)OP(=O)(O)O. The lowest BCUT2D eigenvalue weighted by Crippen LogP contribution is -2.33. The monoisotopic (exact) mass is 614 g/mol. The van der Waals surface area contributed by atoms with Gasteiger partial charge in [-0.05, 0) is 11.6 Å². The van der Waals surface area contributed by atoms with Crippen LogP contribution in [0, 0.1) is 6.92 Å². The number of nitrogens with one attached hydrogen (secondary N) is 1. The Hall–Kier alpha value is -0.225. The smallest absolute Gasteiger partial charge is 0.364 e. The van der Waals surface area contributed by atoms with E-state index in [1.807, 2.05) is 21.7 Å². The number of ether oxygens (including phenoxy) is 2. The van der Waals surface area contributed by atoms with Crippen LogP contribution in [0.15, 0.2) is 15.8 Å². The molecule has 206 valence electrons. The quantitative estimate of drug-likeness (QED) is 0.0672. The summed E-state index contributed by atoms with van der Waals surface area (Å²) in [7, 11) is -11.7. The lowest BCUT2D eigenvalue weighted by atomic mass is 9.91. The maximum absolute atomic E-state index is 12.3. The number of hydrogen-bond acceptors (Lipinski definition) is 12. The molecule has 1 saturated heterocycles. The normalized spacial score (nSPS) is 24.4. The van der Waals surface area contributed by atoms with Crippen LogP contribution in [0.4, 0.5) is 0 Å². The Balaban J connectivity index is 2.14. The van der Waals surface area contributed by atoms with Crippen molar-refractivity contribution >= 4 is 52.9 Å². The second-order valence-corrected chi connectivity index (χ2v) is 15.9. The summed E-state index contributed by atoms with van der Waals surface area (Å²) in [5.74, 6) is 0.161. The van der Waals surface area contributed by atoms with Gasteiger partial charge >= 0.3 is 29.2 Å². The van der Waals surface area contributed by atoms with E-state index in [-0.39, 0.29) is 22.6 Å². The molecule has 2 heterocycles. The van der Waals surface area contributed by atoms with Gasteiger partial charge in [0.25, 0.3) is 5.56 Å². The van der Waals surface area contributed by atoms with Crippen molar-refractivity contribution < 1.29 is 55.9 Å². The Bertz CT molecular complexity index is 1180. The van der Waals surface area contributed by atoms with E-state index in [1.54, 1.807) is 0 Å². The van der Waals surface area contributed by atoms with Crippen LogP contribution < -0.4 is 11.2 Å². The van der Waals surface area contributed by atoms with Crippen molar-refractivity contribution in [3.8, 4) is 0 Å². The molecule has 5 atom stereocenters. The standard InChI is InChI=1S/C14H26BN2O14P3S2/c1-8-5-17(13(19)16-12(8)18)11-4-9(27-7-35-36-14(2,3)15)10(29-11)6-28-33(23,24)31-34(25,26)30-32(20,21)22/h5,9-11H,4,6-7,15H2,1-3H3,(H,23,24)(H,25,26)(H,16,18,19)(H2,20,21,22)/t9-,10?,11-/m1/s1. The molecule has 3 unspecified atom stereocenters. The number of aromatic nitrogens is 2. The van der Waals surface area contributed by atoms with Gasteiger partial charge in [-0.25, -0.2) is 18.5 Å². The topological polar surface area (TPSA) is 233 Å². The zero-order valence-electron chi connectivity index (χ0n) is 19.4. The molecule has 0 amide bonds. The molecule has 0 aliphatic carbocycles. The van der Waals surface area contributed by atoms with E-state index in [4.69, 9.17) is 19.3 Å². The van der Waals surface area contributed by atoms with Crippen molar-refractivity contribution in [3.63, 3.8) is 0 Å². The third-order valence-electron chi connectivity index (χ3n) is 4.09. The lowest BCUT2D eigenvalue weighted by Gasteiger charge is -2.22. The van der Waals surface area contributed by atoms with E-state index in [0.717, 1.165) is 4.57 Å². The minimum absolute atomic E-state index is 0.0660. The van der Waals surface area contributed by atoms with Gasteiger partial charge in [0, 0.05) is 18.2 Å². The molecule has 5 N–H and O–H groups in total. The maximum atomic E-state index is 12.3. The van der Waals surface area contributed by atoms with Gasteiger partial charge < -0.3 is 29.0 Å². The highest BCUT2D eigenvalue weighted by Crippen LogP contribution is 2.66. The summed E-state index contributed by atoms with van der Waals surface area (Å²) in [6.45, 7) is 4.72. The van der Waals surface area contributed by atoms with Gasteiger partial charge in [0.05, 0.1) is 12.7 Å².